The Hall–Kier alpha value is -1.55. The standard InChI is InChI=1S/C14H10BrClN2O2S/c1-9-2-4-11(15)6-14(9)21(19,20)18-12-5-3-10(8-17)13(16)7-12/h2-7,18H,1H3. The SMILES string of the molecule is Cc1ccc(Br)cc1S(=O)(=O)Nc1ccc(C#N)c(Cl)c1. The Morgan fingerprint density at radius 1 is 1.24 bits per heavy atom. The lowest BCUT2D eigenvalue weighted by Gasteiger charge is -2.11. The number of anilines is 1. The van der Waals surface area contributed by atoms with Crippen molar-refractivity contribution < 1.29 is 8.42 Å². The van der Waals surface area contributed by atoms with Crippen LogP contribution in [-0.4, -0.2) is 8.42 Å². The van der Waals surface area contributed by atoms with Gasteiger partial charge in [0.05, 0.1) is 21.2 Å². The van der Waals surface area contributed by atoms with E-state index in [9.17, 15) is 8.42 Å². The van der Waals surface area contributed by atoms with Crippen molar-refractivity contribution in [1.29, 1.82) is 5.26 Å². The van der Waals surface area contributed by atoms with Gasteiger partial charge in [0.2, 0.25) is 0 Å². The third-order valence-electron chi connectivity index (χ3n) is 2.78. The van der Waals surface area contributed by atoms with Crippen LogP contribution in [0.2, 0.25) is 5.02 Å². The monoisotopic (exact) mass is 384 g/mol. The Morgan fingerprint density at radius 2 is 1.95 bits per heavy atom. The van der Waals surface area contributed by atoms with Crippen LogP contribution < -0.4 is 4.72 Å². The second-order valence-corrected chi connectivity index (χ2v) is 7.30. The molecule has 0 aromatic heterocycles. The summed E-state index contributed by atoms with van der Waals surface area (Å²) in [5, 5.41) is 9.01. The van der Waals surface area contributed by atoms with Gasteiger partial charge in [0.25, 0.3) is 10.0 Å². The van der Waals surface area contributed by atoms with Gasteiger partial charge >= 0.3 is 0 Å². The van der Waals surface area contributed by atoms with Crippen LogP contribution in [0.15, 0.2) is 45.8 Å². The molecule has 108 valence electrons. The lowest BCUT2D eigenvalue weighted by Crippen LogP contribution is -2.14. The maximum atomic E-state index is 12.4. The third kappa shape index (κ3) is 3.56. The Balaban J connectivity index is 2.40. The van der Waals surface area contributed by atoms with Crippen LogP contribution in [0.25, 0.3) is 0 Å². The summed E-state index contributed by atoms with van der Waals surface area (Å²) in [6, 6.07) is 11.3. The van der Waals surface area contributed by atoms with Crippen LogP contribution in [0.3, 0.4) is 0 Å². The Kier molecular flexibility index (Phi) is 4.57. The van der Waals surface area contributed by atoms with Crippen molar-refractivity contribution in [3.63, 3.8) is 0 Å². The molecule has 0 spiro atoms. The Morgan fingerprint density at radius 3 is 2.57 bits per heavy atom. The number of hydrogen-bond donors (Lipinski definition) is 1. The van der Waals surface area contributed by atoms with Gasteiger partial charge in [-0.25, -0.2) is 8.42 Å². The summed E-state index contributed by atoms with van der Waals surface area (Å²) >= 11 is 9.15. The maximum absolute atomic E-state index is 12.4. The molecule has 4 nitrogen and oxygen atoms in total. The minimum atomic E-state index is -3.72. The average molecular weight is 386 g/mol. The van der Waals surface area contributed by atoms with Gasteiger partial charge in [0.15, 0.2) is 0 Å². The maximum Gasteiger partial charge on any atom is 0.262 e. The summed E-state index contributed by atoms with van der Waals surface area (Å²) in [6.45, 7) is 1.72. The highest BCUT2D eigenvalue weighted by Gasteiger charge is 2.17. The van der Waals surface area contributed by atoms with E-state index >= 15 is 0 Å². The molecule has 2 aromatic carbocycles. The Bertz CT molecular complexity index is 845. The van der Waals surface area contributed by atoms with Crippen molar-refractivity contribution >= 4 is 43.2 Å². The number of nitrogens with zero attached hydrogens (tertiary/aromatic N) is 1. The van der Waals surface area contributed by atoms with E-state index in [1.165, 1.54) is 24.3 Å². The lowest BCUT2D eigenvalue weighted by atomic mass is 10.2. The quantitative estimate of drug-likeness (QED) is 0.865. The minimum absolute atomic E-state index is 0.178. The van der Waals surface area contributed by atoms with Gasteiger partial charge in [-0.1, -0.05) is 33.6 Å². The number of rotatable bonds is 3. The zero-order valence-corrected chi connectivity index (χ0v) is 14.1. The summed E-state index contributed by atoms with van der Waals surface area (Å²) in [5.74, 6) is 0. The number of hydrogen-bond acceptors (Lipinski definition) is 3. The van der Waals surface area contributed by atoms with Gasteiger partial charge in [-0.2, -0.15) is 5.26 Å². The predicted molar refractivity (Wildman–Crippen MR) is 85.9 cm³/mol. The molecule has 0 aliphatic carbocycles. The second-order valence-electron chi connectivity index (χ2n) is 4.32. The Labute approximate surface area is 136 Å². The van der Waals surface area contributed by atoms with Crippen LogP contribution in [-0.2, 0) is 10.0 Å². The third-order valence-corrected chi connectivity index (χ3v) is 5.11. The first-order valence-electron chi connectivity index (χ1n) is 5.82. The molecule has 0 heterocycles. The molecule has 21 heavy (non-hydrogen) atoms. The van der Waals surface area contributed by atoms with Crippen LogP contribution >= 0.6 is 27.5 Å². The van der Waals surface area contributed by atoms with Crippen LogP contribution in [0, 0.1) is 18.3 Å². The molecule has 0 bridgehead atoms. The number of halogens is 2. The highest BCUT2D eigenvalue weighted by Crippen LogP contribution is 2.25. The molecule has 0 unspecified atom stereocenters. The van der Waals surface area contributed by atoms with Crippen LogP contribution in [0.4, 0.5) is 5.69 Å². The van der Waals surface area contributed by atoms with E-state index in [1.807, 2.05) is 6.07 Å². The van der Waals surface area contributed by atoms with Crippen molar-refractivity contribution in [2.45, 2.75) is 11.8 Å². The first-order valence-corrected chi connectivity index (χ1v) is 8.47. The van der Waals surface area contributed by atoms with Crippen molar-refractivity contribution in [2.24, 2.45) is 0 Å². The second kappa shape index (κ2) is 6.06. The topological polar surface area (TPSA) is 70.0 Å². The normalized spacial score (nSPS) is 11.0. The molecule has 2 aromatic rings. The highest BCUT2D eigenvalue weighted by molar-refractivity contribution is 9.10. The van der Waals surface area contributed by atoms with Crippen molar-refractivity contribution in [3.8, 4) is 6.07 Å². The molecule has 0 aliphatic heterocycles. The van der Waals surface area contributed by atoms with Gasteiger partial charge in [-0.05, 0) is 42.8 Å². The van der Waals surface area contributed by atoms with Crippen molar-refractivity contribution in [2.75, 3.05) is 4.72 Å². The van der Waals surface area contributed by atoms with Crippen molar-refractivity contribution in [3.05, 3.63) is 57.0 Å². The number of aryl methyl sites for hydroxylation is 1. The molecule has 0 aliphatic rings. The number of sulfonamides is 1. The smallest absolute Gasteiger partial charge is 0.262 e. The molecule has 0 saturated heterocycles. The molecule has 0 fully saturated rings. The van der Waals surface area contributed by atoms with E-state index in [-0.39, 0.29) is 9.92 Å². The van der Waals surface area contributed by atoms with E-state index in [4.69, 9.17) is 16.9 Å². The summed E-state index contributed by atoms with van der Waals surface area (Å²) in [6.07, 6.45) is 0. The van der Waals surface area contributed by atoms with E-state index < -0.39 is 10.0 Å². The lowest BCUT2D eigenvalue weighted by molar-refractivity contribution is 0.600. The molecule has 2 rings (SSSR count). The van der Waals surface area contributed by atoms with Gasteiger partial charge in [0.1, 0.15) is 6.07 Å². The molecular weight excluding hydrogens is 376 g/mol. The fourth-order valence-electron chi connectivity index (χ4n) is 1.74. The highest BCUT2D eigenvalue weighted by atomic mass is 79.9. The molecular formula is C14H10BrClN2O2S. The summed E-state index contributed by atoms with van der Waals surface area (Å²) in [4.78, 5) is 0.178. The number of nitrogens with one attached hydrogen (secondary N) is 1. The molecule has 1 N–H and O–H groups in total. The summed E-state index contributed by atoms with van der Waals surface area (Å²) in [5.41, 5.74) is 1.22. The molecule has 0 atom stereocenters. The van der Waals surface area contributed by atoms with Gasteiger partial charge in [0, 0.05) is 4.47 Å². The zero-order chi connectivity index (χ0) is 15.6. The predicted octanol–water partition coefficient (Wildman–Crippen LogP) is 4.08. The first kappa shape index (κ1) is 15.8. The number of benzene rings is 2. The minimum Gasteiger partial charge on any atom is -0.280 e. The van der Waals surface area contributed by atoms with Gasteiger partial charge in [-0.15, -0.1) is 0 Å². The summed E-state index contributed by atoms with van der Waals surface area (Å²) < 4.78 is 27.9. The largest absolute Gasteiger partial charge is 0.280 e. The van der Waals surface area contributed by atoms with E-state index in [0.29, 0.717) is 21.3 Å². The van der Waals surface area contributed by atoms with Crippen molar-refractivity contribution in [1.82, 2.24) is 0 Å². The van der Waals surface area contributed by atoms with Crippen LogP contribution in [0.1, 0.15) is 11.1 Å². The van der Waals surface area contributed by atoms with Gasteiger partial charge in [-0.3, -0.25) is 4.72 Å². The first-order chi connectivity index (χ1) is 9.83. The zero-order valence-electron chi connectivity index (χ0n) is 10.9. The fraction of sp³-hybridized carbons (Fsp3) is 0.0714. The van der Waals surface area contributed by atoms with Gasteiger partial charge < -0.3 is 0 Å². The average Bonchev–Trinajstić information content (AvgIpc) is 2.41. The molecule has 0 saturated carbocycles. The van der Waals surface area contributed by atoms with E-state index in [1.54, 1.807) is 19.1 Å². The van der Waals surface area contributed by atoms with E-state index in [2.05, 4.69) is 20.7 Å². The molecule has 0 radical (unpaired) electrons. The number of nitriles is 1. The fourth-order valence-corrected chi connectivity index (χ4v) is 3.80. The molecule has 0 amide bonds. The van der Waals surface area contributed by atoms with Crippen LogP contribution in [0.5, 0.6) is 0 Å². The van der Waals surface area contributed by atoms with E-state index in [0.717, 1.165) is 0 Å². The summed E-state index contributed by atoms with van der Waals surface area (Å²) in [7, 11) is -3.72. The molecule has 7 heteroatoms.